The topological polar surface area (TPSA) is 118 Å². The molecule has 0 atom stereocenters. The molecule has 0 amide bonds. The molecule has 2 aromatic rings. The quantitative estimate of drug-likeness (QED) is 0.660. The lowest BCUT2D eigenvalue weighted by Crippen LogP contribution is -2.10. The summed E-state index contributed by atoms with van der Waals surface area (Å²) in [4.78, 5) is 9.84. The van der Waals surface area contributed by atoms with Gasteiger partial charge >= 0.3 is 0 Å². The summed E-state index contributed by atoms with van der Waals surface area (Å²) in [7, 11) is -3.90. The molecule has 8 nitrogen and oxygen atoms in total. The second-order valence-electron chi connectivity index (χ2n) is 3.07. The minimum atomic E-state index is -3.90. The van der Waals surface area contributed by atoms with E-state index in [0.717, 1.165) is 6.07 Å². The summed E-state index contributed by atoms with van der Waals surface area (Å²) >= 11 is 6.21. The highest BCUT2D eigenvalue weighted by Gasteiger charge is 2.25. The normalized spacial score (nSPS) is 11.4. The Morgan fingerprint density at radius 3 is 2.78 bits per heavy atom. The smallest absolute Gasteiger partial charge is 0.284 e. The summed E-state index contributed by atoms with van der Waals surface area (Å²) in [6.45, 7) is 0. The van der Waals surface area contributed by atoms with Gasteiger partial charge in [0.2, 0.25) is 0 Å². The van der Waals surface area contributed by atoms with E-state index < -0.39 is 20.6 Å². The van der Waals surface area contributed by atoms with Crippen molar-refractivity contribution in [3.05, 3.63) is 32.9 Å². The first-order valence-electron chi connectivity index (χ1n) is 4.35. The van der Waals surface area contributed by atoms with Gasteiger partial charge in [-0.3, -0.25) is 19.9 Å². The van der Waals surface area contributed by atoms with Crippen LogP contribution in [0.1, 0.15) is 0 Å². The van der Waals surface area contributed by atoms with Crippen LogP contribution >= 0.6 is 22.9 Å². The van der Waals surface area contributed by atoms with Gasteiger partial charge in [0.1, 0.15) is 4.21 Å². The maximum atomic E-state index is 11.9. The van der Waals surface area contributed by atoms with E-state index in [4.69, 9.17) is 11.6 Å². The number of aromatic amines is 1. The zero-order valence-corrected chi connectivity index (χ0v) is 10.8. The van der Waals surface area contributed by atoms with E-state index in [-0.39, 0.29) is 14.2 Å². The van der Waals surface area contributed by atoms with Crippen LogP contribution in [0.25, 0.3) is 0 Å². The molecule has 0 radical (unpaired) electrons. The fourth-order valence-electron chi connectivity index (χ4n) is 1.11. The van der Waals surface area contributed by atoms with Crippen LogP contribution in [0.4, 0.5) is 11.4 Å². The van der Waals surface area contributed by atoms with Crippen LogP contribution in [0, 0.1) is 10.1 Å². The Hall–Kier alpha value is -1.65. The van der Waals surface area contributed by atoms with Crippen LogP contribution in [0.3, 0.4) is 0 Å². The van der Waals surface area contributed by atoms with Crippen LogP contribution < -0.4 is 4.72 Å². The Morgan fingerprint density at radius 2 is 2.28 bits per heavy atom. The highest BCUT2D eigenvalue weighted by molar-refractivity contribution is 7.94. The molecule has 0 aliphatic heterocycles. The minimum Gasteiger partial charge on any atom is -0.284 e. The van der Waals surface area contributed by atoms with Gasteiger partial charge in [0, 0.05) is 12.3 Å². The molecule has 2 N–H and O–H groups in total. The third-order valence-electron chi connectivity index (χ3n) is 1.86. The third kappa shape index (κ3) is 2.44. The molecule has 0 spiro atoms. The van der Waals surface area contributed by atoms with Crippen LogP contribution in [0.15, 0.2) is 22.7 Å². The summed E-state index contributed by atoms with van der Waals surface area (Å²) in [6.07, 6.45) is 2.60. The van der Waals surface area contributed by atoms with Crippen molar-refractivity contribution in [3.63, 3.8) is 0 Å². The molecule has 0 saturated heterocycles. The molecule has 11 heteroatoms. The van der Waals surface area contributed by atoms with E-state index in [2.05, 4.69) is 14.9 Å². The fraction of sp³-hybridized carbons (Fsp3) is 0. The van der Waals surface area contributed by atoms with Crippen molar-refractivity contribution in [2.45, 2.75) is 4.21 Å². The van der Waals surface area contributed by atoms with Gasteiger partial charge in [-0.2, -0.15) is 5.10 Å². The molecule has 2 heterocycles. The number of hydrogen-bond donors (Lipinski definition) is 2. The molecule has 0 unspecified atom stereocenters. The maximum absolute atomic E-state index is 11.9. The van der Waals surface area contributed by atoms with Crippen molar-refractivity contribution in [2.75, 3.05) is 4.72 Å². The van der Waals surface area contributed by atoms with E-state index in [1.165, 1.54) is 12.4 Å². The van der Waals surface area contributed by atoms with E-state index in [9.17, 15) is 18.5 Å². The first-order chi connectivity index (χ1) is 8.40. The Bertz CT molecular complexity index is 678. The van der Waals surface area contributed by atoms with Gasteiger partial charge in [0.25, 0.3) is 15.7 Å². The van der Waals surface area contributed by atoms with Gasteiger partial charge in [-0.15, -0.1) is 11.3 Å². The molecule has 18 heavy (non-hydrogen) atoms. The molecule has 0 bridgehead atoms. The second kappa shape index (κ2) is 4.55. The maximum Gasteiger partial charge on any atom is 0.300 e. The summed E-state index contributed by atoms with van der Waals surface area (Å²) in [6, 6.07) is 0.912. The standard InChI is InChI=1S/C7H5ClN4O4S2/c8-7-5(12(13)14)1-6(17-7)18(15,16)11-4-2-9-10-3-4/h1-3,11H,(H,9,10). The summed E-state index contributed by atoms with van der Waals surface area (Å²) in [5, 5.41) is 16.6. The molecule has 0 fully saturated rings. The highest BCUT2D eigenvalue weighted by atomic mass is 35.5. The number of nitrogens with one attached hydrogen (secondary N) is 2. The number of nitrogens with zero attached hydrogens (tertiary/aromatic N) is 2. The Labute approximate surface area is 110 Å². The molecule has 0 aliphatic carbocycles. The fourth-order valence-corrected chi connectivity index (χ4v) is 3.81. The lowest BCUT2D eigenvalue weighted by Gasteiger charge is -2.01. The highest BCUT2D eigenvalue weighted by Crippen LogP contribution is 2.36. The molecule has 0 aromatic carbocycles. The van der Waals surface area contributed by atoms with E-state index >= 15 is 0 Å². The number of halogens is 1. The van der Waals surface area contributed by atoms with E-state index in [1.807, 2.05) is 0 Å². The number of rotatable bonds is 4. The third-order valence-corrected chi connectivity index (χ3v) is 5.05. The largest absolute Gasteiger partial charge is 0.300 e. The molecule has 96 valence electrons. The van der Waals surface area contributed by atoms with Crippen molar-refractivity contribution in [3.8, 4) is 0 Å². The Kier molecular flexibility index (Phi) is 3.24. The second-order valence-corrected chi connectivity index (χ2v) is 6.64. The van der Waals surface area contributed by atoms with Crippen LogP contribution in [-0.2, 0) is 10.0 Å². The number of nitro groups is 1. The van der Waals surface area contributed by atoms with Crippen LogP contribution in [-0.4, -0.2) is 23.5 Å². The van der Waals surface area contributed by atoms with Crippen molar-refractivity contribution < 1.29 is 13.3 Å². The molecule has 0 saturated carbocycles. The van der Waals surface area contributed by atoms with Gasteiger partial charge in [0.15, 0.2) is 4.34 Å². The molecule has 2 aromatic heterocycles. The van der Waals surface area contributed by atoms with Gasteiger partial charge in [-0.1, -0.05) is 11.6 Å². The monoisotopic (exact) mass is 308 g/mol. The van der Waals surface area contributed by atoms with E-state index in [1.54, 1.807) is 0 Å². The zero-order valence-electron chi connectivity index (χ0n) is 8.45. The number of H-pyrrole nitrogens is 1. The average Bonchev–Trinajstić information content (AvgIpc) is 2.86. The zero-order chi connectivity index (χ0) is 13.3. The number of aromatic nitrogens is 2. The number of thiophene rings is 1. The van der Waals surface area contributed by atoms with Crippen LogP contribution in [0.5, 0.6) is 0 Å². The van der Waals surface area contributed by atoms with Crippen molar-refractivity contribution in [1.82, 2.24) is 10.2 Å². The van der Waals surface area contributed by atoms with Gasteiger partial charge in [-0.25, -0.2) is 8.42 Å². The average molecular weight is 309 g/mol. The lowest BCUT2D eigenvalue weighted by molar-refractivity contribution is -0.384. The minimum absolute atomic E-state index is 0.187. The SMILES string of the molecule is O=[N+]([O-])c1cc(S(=O)(=O)Nc2cn[nH]c2)sc1Cl. The van der Waals surface area contributed by atoms with E-state index in [0.29, 0.717) is 11.3 Å². The molecule has 0 aliphatic rings. The van der Waals surface area contributed by atoms with Crippen molar-refractivity contribution in [1.29, 1.82) is 0 Å². The summed E-state index contributed by atoms with van der Waals surface area (Å²) in [5.74, 6) is 0. The molecular formula is C7H5ClN4O4S2. The van der Waals surface area contributed by atoms with Crippen molar-refractivity contribution in [2.24, 2.45) is 0 Å². The van der Waals surface area contributed by atoms with Crippen LogP contribution in [0.2, 0.25) is 4.34 Å². The predicted octanol–water partition coefficient (Wildman–Crippen LogP) is 1.83. The molecule has 2 rings (SSSR count). The summed E-state index contributed by atoms with van der Waals surface area (Å²) in [5.41, 5.74) is -0.212. The predicted molar refractivity (Wildman–Crippen MR) is 65.4 cm³/mol. The Morgan fingerprint density at radius 1 is 1.56 bits per heavy atom. The number of anilines is 1. The van der Waals surface area contributed by atoms with Crippen molar-refractivity contribution >= 4 is 44.3 Å². The van der Waals surface area contributed by atoms with Gasteiger partial charge in [0.05, 0.1) is 16.8 Å². The summed E-state index contributed by atoms with van der Waals surface area (Å²) < 4.78 is 25.5. The Balaban J connectivity index is 2.36. The lowest BCUT2D eigenvalue weighted by atomic mass is 10.6. The van der Waals surface area contributed by atoms with Gasteiger partial charge < -0.3 is 0 Å². The van der Waals surface area contributed by atoms with Gasteiger partial charge in [-0.05, 0) is 0 Å². The number of sulfonamides is 1. The molecular weight excluding hydrogens is 304 g/mol. The first-order valence-corrected chi connectivity index (χ1v) is 7.03. The first kappa shape index (κ1) is 12.8. The number of hydrogen-bond acceptors (Lipinski definition) is 6.